The third kappa shape index (κ3) is 38.4. The molecule has 0 spiro atoms. The van der Waals surface area contributed by atoms with E-state index in [4.69, 9.17) is 18.9 Å². The molecular weight excluding hydrogens is 899 g/mol. The summed E-state index contributed by atoms with van der Waals surface area (Å²) in [6, 6.07) is 0. The van der Waals surface area contributed by atoms with Gasteiger partial charge in [0.25, 0.3) is 0 Å². The molecule has 0 aliphatic carbocycles. The highest BCUT2D eigenvalue weighted by Crippen LogP contribution is 2.31. The largest absolute Gasteiger partial charge is 0.465 e. The minimum atomic E-state index is -0.520. The standard InChI is InChI=1S/C63H121NO8/c1-13-18-22-24-25-34-44-56(43-33-23-19-14-2)72-61(68)63(9,10)47-36-28-29-37-49-69-59(66)53(6)51-57(71-58(65)45-48-64(11)12)52-54(17-5)39-32-26-27-35-46-62(7,8)60(67)70-50-38-42-55(40-30-20-15-3)41-31-21-16-4/h53-57H,13-52H2,1-12H3/t53-,54?,56?,57-/m0/s1. The summed E-state index contributed by atoms with van der Waals surface area (Å²) >= 11 is 0. The Balaban J connectivity index is 4.90. The van der Waals surface area contributed by atoms with Gasteiger partial charge in [-0.15, -0.1) is 0 Å². The number of rotatable bonds is 51. The van der Waals surface area contributed by atoms with Crippen LogP contribution in [0.15, 0.2) is 0 Å². The van der Waals surface area contributed by atoms with Crippen LogP contribution in [0.4, 0.5) is 0 Å². The fourth-order valence-corrected chi connectivity index (χ4v) is 10.1. The number of hydrogen-bond acceptors (Lipinski definition) is 9. The fraction of sp³-hybridized carbons (Fsp3) is 0.937. The van der Waals surface area contributed by atoms with Crippen LogP contribution in [0.2, 0.25) is 0 Å². The number of carbonyl (C=O) groups excluding carboxylic acids is 4. The van der Waals surface area contributed by atoms with Gasteiger partial charge in [0.1, 0.15) is 12.2 Å². The van der Waals surface area contributed by atoms with Crippen LogP contribution >= 0.6 is 0 Å². The van der Waals surface area contributed by atoms with Crippen molar-refractivity contribution in [2.45, 2.75) is 319 Å². The van der Waals surface area contributed by atoms with Crippen LogP contribution < -0.4 is 0 Å². The second kappa shape index (κ2) is 45.1. The molecule has 0 aromatic heterocycles. The Morgan fingerprint density at radius 2 is 0.875 bits per heavy atom. The maximum Gasteiger partial charge on any atom is 0.311 e. The molecule has 0 saturated heterocycles. The number of unbranched alkanes of at least 4 members (excludes halogenated alkanes) is 18. The highest BCUT2D eigenvalue weighted by Gasteiger charge is 2.32. The molecule has 0 amide bonds. The number of esters is 4. The highest BCUT2D eigenvalue weighted by molar-refractivity contribution is 5.76. The third-order valence-corrected chi connectivity index (χ3v) is 15.4. The van der Waals surface area contributed by atoms with Crippen LogP contribution in [-0.4, -0.2) is 74.8 Å². The number of nitrogens with zero attached hydrogens (tertiary/aromatic N) is 1. The van der Waals surface area contributed by atoms with E-state index >= 15 is 0 Å². The summed E-state index contributed by atoms with van der Waals surface area (Å²) in [6.07, 6.45) is 39.4. The molecule has 426 valence electrons. The van der Waals surface area contributed by atoms with Gasteiger partial charge in [0.2, 0.25) is 0 Å². The van der Waals surface area contributed by atoms with Crippen molar-refractivity contribution in [3.63, 3.8) is 0 Å². The lowest BCUT2D eigenvalue weighted by molar-refractivity contribution is -0.161. The predicted octanol–water partition coefficient (Wildman–Crippen LogP) is 17.9. The van der Waals surface area contributed by atoms with Crippen molar-refractivity contribution in [1.82, 2.24) is 4.90 Å². The van der Waals surface area contributed by atoms with E-state index in [1.54, 1.807) is 0 Å². The smallest absolute Gasteiger partial charge is 0.311 e. The first-order valence-corrected chi connectivity index (χ1v) is 30.8. The molecule has 0 aromatic carbocycles. The van der Waals surface area contributed by atoms with Gasteiger partial charge in [-0.05, 0) is 124 Å². The van der Waals surface area contributed by atoms with Crippen LogP contribution in [0.1, 0.15) is 307 Å². The monoisotopic (exact) mass is 1020 g/mol. The number of ether oxygens (including phenoxy) is 4. The zero-order valence-electron chi connectivity index (χ0n) is 49.9. The molecule has 0 aliphatic heterocycles. The molecule has 0 aliphatic rings. The van der Waals surface area contributed by atoms with Gasteiger partial charge in [-0.1, -0.05) is 202 Å². The van der Waals surface area contributed by atoms with Gasteiger partial charge in [0, 0.05) is 6.54 Å². The molecule has 72 heavy (non-hydrogen) atoms. The predicted molar refractivity (Wildman–Crippen MR) is 303 cm³/mol. The summed E-state index contributed by atoms with van der Waals surface area (Å²) in [4.78, 5) is 54.7. The van der Waals surface area contributed by atoms with Crippen molar-refractivity contribution >= 4 is 23.9 Å². The Morgan fingerprint density at radius 1 is 0.444 bits per heavy atom. The highest BCUT2D eigenvalue weighted by atomic mass is 16.6. The van der Waals surface area contributed by atoms with Crippen LogP contribution in [0.3, 0.4) is 0 Å². The average Bonchev–Trinajstić information content (AvgIpc) is 3.34. The topological polar surface area (TPSA) is 108 Å². The third-order valence-electron chi connectivity index (χ3n) is 15.4. The van der Waals surface area contributed by atoms with Crippen molar-refractivity contribution < 1.29 is 38.1 Å². The first kappa shape index (κ1) is 69.8. The van der Waals surface area contributed by atoms with Crippen LogP contribution in [0.5, 0.6) is 0 Å². The fourth-order valence-electron chi connectivity index (χ4n) is 10.1. The van der Waals surface area contributed by atoms with E-state index < -0.39 is 10.8 Å². The summed E-state index contributed by atoms with van der Waals surface area (Å²) < 4.78 is 23.9. The van der Waals surface area contributed by atoms with Crippen LogP contribution in [0.25, 0.3) is 0 Å². The normalized spacial score (nSPS) is 13.8. The summed E-state index contributed by atoms with van der Waals surface area (Å²) in [5.74, 6) is 0.193. The Labute approximate surface area is 446 Å². The summed E-state index contributed by atoms with van der Waals surface area (Å²) in [7, 11) is 3.90. The molecule has 2 unspecified atom stereocenters. The zero-order chi connectivity index (χ0) is 53.9. The number of hydrogen-bond donors (Lipinski definition) is 0. The quantitative estimate of drug-likeness (QED) is 0.0334. The maximum atomic E-state index is 13.4. The van der Waals surface area contributed by atoms with E-state index in [1.807, 2.05) is 53.6 Å². The van der Waals surface area contributed by atoms with E-state index in [0.29, 0.717) is 38.5 Å². The molecule has 0 bridgehead atoms. The van der Waals surface area contributed by atoms with E-state index in [1.165, 1.54) is 103 Å². The van der Waals surface area contributed by atoms with Gasteiger partial charge in [0.15, 0.2) is 0 Å². The Morgan fingerprint density at radius 3 is 1.43 bits per heavy atom. The van der Waals surface area contributed by atoms with Gasteiger partial charge < -0.3 is 23.8 Å². The SMILES string of the molecule is CCCCCCCCC(CCCCCC)OC(=O)C(C)(C)CCCCCCOC(=O)[C@@H](C)C[C@@H](CC(CC)CCCCCCC(C)(C)C(=O)OCCCC(CCCCC)CCCCC)OC(=O)CCN(C)C. The van der Waals surface area contributed by atoms with E-state index in [2.05, 4.69) is 34.6 Å². The van der Waals surface area contributed by atoms with Gasteiger partial charge in [-0.3, -0.25) is 19.2 Å². The van der Waals surface area contributed by atoms with Crippen molar-refractivity contribution in [1.29, 1.82) is 0 Å². The summed E-state index contributed by atoms with van der Waals surface area (Å²) in [5.41, 5.74) is -0.997. The minimum absolute atomic E-state index is 0.0264. The molecule has 0 N–H and O–H groups in total. The lowest BCUT2D eigenvalue weighted by Crippen LogP contribution is -2.31. The first-order valence-electron chi connectivity index (χ1n) is 30.8. The molecule has 0 heterocycles. The molecule has 0 saturated carbocycles. The van der Waals surface area contributed by atoms with E-state index in [0.717, 1.165) is 128 Å². The summed E-state index contributed by atoms with van der Waals surface area (Å²) in [5, 5.41) is 0. The molecule has 0 fully saturated rings. The molecule has 9 nitrogen and oxygen atoms in total. The first-order chi connectivity index (χ1) is 34.5. The Hall–Kier alpha value is -2.16. The van der Waals surface area contributed by atoms with E-state index in [-0.39, 0.29) is 42.0 Å². The molecule has 0 aromatic rings. The molecule has 0 radical (unpaired) electrons. The number of carbonyl (C=O) groups is 4. The van der Waals surface area contributed by atoms with Crippen LogP contribution in [0, 0.1) is 28.6 Å². The Kier molecular flexibility index (Phi) is 43.7. The Bertz CT molecular complexity index is 1300. The maximum absolute atomic E-state index is 13.4. The van der Waals surface area contributed by atoms with Gasteiger partial charge in [-0.2, -0.15) is 0 Å². The molecular formula is C63H121NO8. The van der Waals surface area contributed by atoms with Gasteiger partial charge in [-0.25, -0.2) is 0 Å². The lowest BCUT2D eigenvalue weighted by Gasteiger charge is -2.27. The van der Waals surface area contributed by atoms with Crippen LogP contribution in [-0.2, 0) is 38.1 Å². The second-order valence-corrected chi connectivity index (χ2v) is 23.9. The zero-order valence-corrected chi connectivity index (χ0v) is 49.9. The lowest BCUT2D eigenvalue weighted by atomic mass is 9.86. The molecule has 0 rings (SSSR count). The van der Waals surface area contributed by atoms with E-state index in [9.17, 15) is 19.2 Å². The summed E-state index contributed by atoms with van der Waals surface area (Å²) in [6.45, 7) is 22.8. The van der Waals surface area contributed by atoms with Gasteiger partial charge in [0.05, 0.1) is 36.4 Å². The molecule has 9 heteroatoms. The second-order valence-electron chi connectivity index (χ2n) is 23.9. The minimum Gasteiger partial charge on any atom is -0.465 e. The molecule has 4 atom stereocenters. The van der Waals surface area contributed by atoms with Crippen molar-refractivity contribution in [3.05, 3.63) is 0 Å². The van der Waals surface area contributed by atoms with Crippen molar-refractivity contribution in [2.75, 3.05) is 33.9 Å². The van der Waals surface area contributed by atoms with Crippen molar-refractivity contribution in [3.8, 4) is 0 Å². The average molecular weight is 1020 g/mol. The van der Waals surface area contributed by atoms with Gasteiger partial charge >= 0.3 is 23.9 Å². The van der Waals surface area contributed by atoms with Crippen molar-refractivity contribution in [2.24, 2.45) is 28.6 Å².